The summed E-state index contributed by atoms with van der Waals surface area (Å²) in [6, 6.07) is 3.46. The van der Waals surface area contributed by atoms with E-state index >= 15 is 0 Å². The largest absolute Gasteiger partial charge is 0.279 e. The zero-order chi connectivity index (χ0) is 16.6. The predicted octanol–water partition coefficient (Wildman–Crippen LogP) is 1.25. The van der Waals surface area contributed by atoms with Crippen LogP contribution in [0.1, 0.15) is 17.0 Å². The number of nitrogens with one attached hydrogen (secondary N) is 1. The number of hydrogen-bond acceptors (Lipinski definition) is 6. The normalized spacial score (nSPS) is 11.9. The van der Waals surface area contributed by atoms with E-state index in [9.17, 15) is 13.2 Å². The molecule has 9 heteroatoms. The molecule has 0 saturated heterocycles. The summed E-state index contributed by atoms with van der Waals surface area (Å²) in [6.07, 6.45) is 3.17. The Morgan fingerprint density at radius 3 is 2.83 bits per heavy atom. The number of hydrogen-bond donors (Lipinski definition) is 1. The predicted molar refractivity (Wildman–Crippen MR) is 87.1 cm³/mol. The monoisotopic (exact) mass is 350 g/mol. The standard InChI is InChI=1S/C14H14N4O3S2/c1-9-8-22-14-17-10(2)12(13(19)18(9)14)23(20,21)16-7-11-4-3-5-15-6-11/h3-6,8,16H,7H2,1-2H3. The average Bonchev–Trinajstić information content (AvgIpc) is 2.87. The highest BCUT2D eigenvalue weighted by Gasteiger charge is 2.24. The Kier molecular flexibility index (Phi) is 4.00. The van der Waals surface area contributed by atoms with Gasteiger partial charge in [0.15, 0.2) is 9.86 Å². The van der Waals surface area contributed by atoms with E-state index in [-0.39, 0.29) is 17.1 Å². The van der Waals surface area contributed by atoms with Gasteiger partial charge in [0.2, 0.25) is 10.0 Å². The van der Waals surface area contributed by atoms with Crippen molar-refractivity contribution in [1.82, 2.24) is 19.1 Å². The van der Waals surface area contributed by atoms with E-state index in [1.807, 2.05) is 0 Å². The van der Waals surface area contributed by atoms with Crippen molar-refractivity contribution in [1.29, 1.82) is 0 Å². The van der Waals surface area contributed by atoms with Crippen LogP contribution < -0.4 is 10.3 Å². The van der Waals surface area contributed by atoms with Gasteiger partial charge in [-0.2, -0.15) is 0 Å². The van der Waals surface area contributed by atoms with Gasteiger partial charge in [-0.25, -0.2) is 18.1 Å². The summed E-state index contributed by atoms with van der Waals surface area (Å²) in [5, 5.41) is 1.77. The fourth-order valence-electron chi connectivity index (χ4n) is 2.23. The number of nitrogens with zero attached hydrogens (tertiary/aromatic N) is 3. The number of pyridine rings is 1. The van der Waals surface area contributed by atoms with E-state index in [2.05, 4.69) is 14.7 Å². The quantitative estimate of drug-likeness (QED) is 0.764. The zero-order valence-electron chi connectivity index (χ0n) is 12.5. The van der Waals surface area contributed by atoms with Gasteiger partial charge in [0.25, 0.3) is 5.56 Å². The maximum absolute atomic E-state index is 12.6. The molecular weight excluding hydrogens is 336 g/mol. The summed E-state index contributed by atoms with van der Waals surface area (Å²) in [7, 11) is -3.97. The fourth-order valence-corrected chi connectivity index (χ4v) is 4.39. The van der Waals surface area contributed by atoms with Crippen molar-refractivity contribution in [3.63, 3.8) is 0 Å². The molecule has 0 bridgehead atoms. The second-order valence-corrected chi connectivity index (χ2v) is 7.55. The third kappa shape index (κ3) is 2.90. The molecule has 0 aliphatic carbocycles. The summed E-state index contributed by atoms with van der Waals surface area (Å²) in [5.41, 5.74) is 0.973. The molecule has 0 amide bonds. The lowest BCUT2D eigenvalue weighted by Gasteiger charge is -2.09. The van der Waals surface area contributed by atoms with Gasteiger partial charge in [0.1, 0.15) is 0 Å². The average molecular weight is 350 g/mol. The molecule has 3 aromatic heterocycles. The SMILES string of the molecule is Cc1nc2scc(C)n2c(=O)c1S(=O)(=O)NCc1cccnc1. The van der Waals surface area contributed by atoms with Gasteiger partial charge in [0.05, 0.1) is 5.69 Å². The van der Waals surface area contributed by atoms with Gasteiger partial charge in [-0.15, -0.1) is 11.3 Å². The van der Waals surface area contributed by atoms with Crippen LogP contribution in [0.3, 0.4) is 0 Å². The molecule has 120 valence electrons. The summed E-state index contributed by atoms with van der Waals surface area (Å²) in [4.78, 5) is 20.9. The van der Waals surface area contributed by atoms with Gasteiger partial charge < -0.3 is 0 Å². The molecule has 23 heavy (non-hydrogen) atoms. The van der Waals surface area contributed by atoms with Crippen LogP contribution in [0, 0.1) is 13.8 Å². The molecule has 3 heterocycles. The minimum absolute atomic E-state index is 0.0559. The van der Waals surface area contributed by atoms with E-state index in [4.69, 9.17) is 0 Å². The van der Waals surface area contributed by atoms with Crippen LogP contribution in [0.2, 0.25) is 0 Å². The maximum atomic E-state index is 12.6. The lowest BCUT2D eigenvalue weighted by molar-refractivity contribution is 0.578. The highest BCUT2D eigenvalue weighted by atomic mass is 32.2. The third-order valence-corrected chi connectivity index (χ3v) is 5.80. The first-order valence-electron chi connectivity index (χ1n) is 6.76. The van der Waals surface area contributed by atoms with Crippen molar-refractivity contribution in [2.45, 2.75) is 25.3 Å². The fraction of sp³-hybridized carbons (Fsp3) is 0.214. The van der Waals surface area contributed by atoms with Crippen molar-refractivity contribution in [3.8, 4) is 0 Å². The van der Waals surface area contributed by atoms with Crippen LogP contribution in [0.4, 0.5) is 0 Å². The highest BCUT2D eigenvalue weighted by molar-refractivity contribution is 7.89. The van der Waals surface area contributed by atoms with Crippen LogP contribution in [-0.2, 0) is 16.6 Å². The maximum Gasteiger partial charge on any atom is 0.279 e. The molecule has 0 fully saturated rings. The highest BCUT2D eigenvalue weighted by Crippen LogP contribution is 2.16. The van der Waals surface area contributed by atoms with E-state index in [0.29, 0.717) is 16.2 Å². The first kappa shape index (κ1) is 15.8. The second kappa shape index (κ2) is 5.84. The van der Waals surface area contributed by atoms with Gasteiger partial charge in [-0.1, -0.05) is 6.07 Å². The van der Waals surface area contributed by atoms with Crippen molar-refractivity contribution >= 4 is 26.3 Å². The molecule has 7 nitrogen and oxygen atoms in total. The first-order valence-corrected chi connectivity index (χ1v) is 9.12. The Bertz CT molecular complexity index is 1020. The summed E-state index contributed by atoms with van der Waals surface area (Å²) in [6.45, 7) is 3.32. The third-order valence-electron chi connectivity index (χ3n) is 3.33. The Morgan fingerprint density at radius 2 is 2.13 bits per heavy atom. The summed E-state index contributed by atoms with van der Waals surface area (Å²) < 4.78 is 28.8. The molecule has 0 saturated carbocycles. The number of thiazole rings is 1. The molecule has 3 aromatic rings. The van der Waals surface area contributed by atoms with Crippen molar-refractivity contribution in [3.05, 3.63) is 57.2 Å². The Labute approximate surface area is 136 Å². The minimum atomic E-state index is -3.97. The Balaban J connectivity index is 2.04. The second-order valence-electron chi connectivity index (χ2n) is 5.01. The number of sulfonamides is 1. The van der Waals surface area contributed by atoms with E-state index < -0.39 is 15.6 Å². The molecule has 0 aromatic carbocycles. The van der Waals surface area contributed by atoms with E-state index in [1.165, 1.54) is 22.7 Å². The number of rotatable bonds is 4. The lowest BCUT2D eigenvalue weighted by Crippen LogP contribution is -2.32. The first-order chi connectivity index (χ1) is 10.9. The molecular formula is C14H14N4O3S2. The molecule has 0 radical (unpaired) electrons. The van der Waals surface area contributed by atoms with Crippen molar-refractivity contribution < 1.29 is 8.42 Å². The number of aromatic nitrogens is 3. The molecule has 0 unspecified atom stereocenters. The van der Waals surface area contributed by atoms with Crippen LogP contribution >= 0.6 is 11.3 Å². The van der Waals surface area contributed by atoms with Crippen molar-refractivity contribution in [2.75, 3.05) is 0 Å². The molecule has 0 aliphatic heterocycles. The minimum Gasteiger partial charge on any atom is -0.267 e. The van der Waals surface area contributed by atoms with Gasteiger partial charge >= 0.3 is 0 Å². The van der Waals surface area contributed by atoms with Gasteiger partial charge in [-0.3, -0.25) is 14.2 Å². The van der Waals surface area contributed by atoms with E-state index in [1.54, 1.807) is 36.8 Å². The van der Waals surface area contributed by atoms with E-state index in [0.717, 1.165) is 0 Å². The van der Waals surface area contributed by atoms with Crippen LogP contribution in [-0.4, -0.2) is 22.8 Å². The van der Waals surface area contributed by atoms with Gasteiger partial charge in [0, 0.05) is 30.0 Å². The molecule has 0 spiro atoms. The summed E-state index contributed by atoms with van der Waals surface area (Å²) >= 11 is 1.30. The van der Waals surface area contributed by atoms with Crippen molar-refractivity contribution in [2.24, 2.45) is 0 Å². The van der Waals surface area contributed by atoms with Gasteiger partial charge in [-0.05, 0) is 25.5 Å². The molecule has 3 rings (SSSR count). The number of fused-ring (bicyclic) bond motifs is 1. The van der Waals surface area contributed by atoms with Crippen LogP contribution in [0.25, 0.3) is 4.96 Å². The summed E-state index contributed by atoms with van der Waals surface area (Å²) in [5.74, 6) is 0. The molecule has 0 aliphatic rings. The topological polar surface area (TPSA) is 93.4 Å². The van der Waals surface area contributed by atoms with Crippen LogP contribution in [0.5, 0.6) is 0 Å². The molecule has 0 atom stereocenters. The Hall–Kier alpha value is -2.10. The Morgan fingerprint density at radius 1 is 1.35 bits per heavy atom. The lowest BCUT2D eigenvalue weighted by atomic mass is 10.3. The van der Waals surface area contributed by atoms with Crippen LogP contribution in [0.15, 0.2) is 39.6 Å². The number of aryl methyl sites for hydroxylation is 2. The molecule has 1 N–H and O–H groups in total. The smallest absolute Gasteiger partial charge is 0.267 e. The zero-order valence-corrected chi connectivity index (χ0v) is 14.1.